The molecule has 1 aromatic rings. The van der Waals surface area contributed by atoms with Crippen LogP contribution in [0, 0.1) is 5.92 Å². The van der Waals surface area contributed by atoms with Gasteiger partial charge in [0.15, 0.2) is 0 Å². The van der Waals surface area contributed by atoms with Crippen LogP contribution in [-0.2, 0) is 14.3 Å². The lowest BCUT2D eigenvalue weighted by molar-refractivity contribution is -0.145. The molecule has 1 aromatic carbocycles. The summed E-state index contributed by atoms with van der Waals surface area (Å²) in [5.41, 5.74) is 1.58. The first-order chi connectivity index (χ1) is 13.0. The molecule has 0 aromatic heterocycles. The number of hydrogen-bond acceptors (Lipinski definition) is 4. The first-order valence-corrected chi connectivity index (χ1v) is 9.52. The number of rotatable bonds is 5. The van der Waals surface area contributed by atoms with Gasteiger partial charge in [0.05, 0.1) is 25.3 Å². The number of hydrogen-bond donors (Lipinski definition) is 1. The summed E-state index contributed by atoms with van der Waals surface area (Å²) >= 11 is 0. The maximum atomic E-state index is 13.0. The summed E-state index contributed by atoms with van der Waals surface area (Å²) in [5.74, 6) is -0.322. The highest BCUT2D eigenvalue weighted by atomic mass is 16.5. The van der Waals surface area contributed by atoms with Crippen LogP contribution in [0.4, 0.5) is 10.5 Å². The monoisotopic (exact) mass is 372 g/mol. The highest BCUT2D eigenvalue weighted by Crippen LogP contribution is 2.54. The summed E-state index contributed by atoms with van der Waals surface area (Å²) in [6.07, 6.45) is 2.90. The van der Waals surface area contributed by atoms with Crippen molar-refractivity contribution in [1.82, 2.24) is 4.90 Å². The molecule has 1 N–H and O–H groups in total. The topological polar surface area (TPSA) is 87.2 Å². The van der Waals surface area contributed by atoms with Crippen molar-refractivity contribution >= 4 is 23.7 Å². The van der Waals surface area contributed by atoms with E-state index in [-0.39, 0.29) is 48.8 Å². The predicted molar refractivity (Wildman–Crippen MR) is 97.3 cm³/mol. The molecule has 1 heterocycles. The van der Waals surface area contributed by atoms with Gasteiger partial charge in [0.2, 0.25) is 5.91 Å². The third-order valence-electron chi connectivity index (χ3n) is 6.05. The highest BCUT2D eigenvalue weighted by molar-refractivity contribution is 5.90. The highest BCUT2D eigenvalue weighted by Gasteiger charge is 2.53. The van der Waals surface area contributed by atoms with E-state index in [1.807, 2.05) is 29.2 Å². The van der Waals surface area contributed by atoms with Crippen LogP contribution in [0.15, 0.2) is 24.3 Å². The molecule has 3 aliphatic rings. The number of ether oxygens (including phenoxy) is 1. The summed E-state index contributed by atoms with van der Waals surface area (Å²) in [6, 6.07) is 7.49. The van der Waals surface area contributed by atoms with E-state index in [1.54, 1.807) is 0 Å². The number of nitrogens with zero attached hydrogens (tertiary/aromatic N) is 2. The second kappa shape index (κ2) is 6.87. The number of carbonyl (C=O) groups excluding carboxylic acids is 2. The third kappa shape index (κ3) is 3.05. The Hall–Kier alpha value is -2.57. The van der Waals surface area contributed by atoms with Crippen LogP contribution in [0.1, 0.15) is 50.1 Å². The molecule has 7 heteroatoms. The van der Waals surface area contributed by atoms with Gasteiger partial charge < -0.3 is 14.7 Å². The third-order valence-corrected chi connectivity index (χ3v) is 6.05. The second-order valence-electron chi connectivity index (χ2n) is 7.57. The van der Waals surface area contributed by atoms with Crippen molar-refractivity contribution in [2.75, 3.05) is 12.0 Å². The first kappa shape index (κ1) is 17.8. The quantitative estimate of drug-likeness (QED) is 0.803. The molecule has 2 saturated carbocycles. The molecule has 1 aliphatic heterocycles. The van der Waals surface area contributed by atoms with Crippen LogP contribution in [-0.4, -0.2) is 47.2 Å². The lowest BCUT2D eigenvalue weighted by atomic mass is 9.68. The number of esters is 1. The standard InChI is InChI=1S/C20H24N2O5/c1-27-18(24)11-10-17(23)21(12-6-7-12)19-13-4-2-3-5-15(13)22(20(25)26)16-9-8-14(16)19/h2-5,12,14,16,19H,6-11H2,1H3,(H,25,26)/t14-,16+,19?/m0/s1. The molecule has 144 valence electrons. The van der Waals surface area contributed by atoms with Gasteiger partial charge in [0.25, 0.3) is 0 Å². The molecule has 0 bridgehead atoms. The number of anilines is 1. The molecular weight excluding hydrogens is 348 g/mol. The lowest BCUT2D eigenvalue weighted by Crippen LogP contribution is -2.59. The Morgan fingerprint density at radius 2 is 1.89 bits per heavy atom. The van der Waals surface area contributed by atoms with Crippen molar-refractivity contribution in [3.8, 4) is 0 Å². The molecule has 2 fully saturated rings. The van der Waals surface area contributed by atoms with Crippen molar-refractivity contribution < 1.29 is 24.2 Å². The number of amides is 2. The van der Waals surface area contributed by atoms with Gasteiger partial charge >= 0.3 is 12.1 Å². The molecule has 3 atom stereocenters. The normalized spacial score (nSPS) is 25.7. The van der Waals surface area contributed by atoms with Crippen LogP contribution < -0.4 is 4.90 Å². The minimum Gasteiger partial charge on any atom is -0.469 e. The maximum absolute atomic E-state index is 13.0. The summed E-state index contributed by atoms with van der Waals surface area (Å²) in [6.45, 7) is 0. The Bertz CT molecular complexity index is 775. The van der Waals surface area contributed by atoms with Crippen molar-refractivity contribution in [2.45, 2.75) is 56.7 Å². The largest absolute Gasteiger partial charge is 0.469 e. The first-order valence-electron chi connectivity index (χ1n) is 9.52. The van der Waals surface area contributed by atoms with Crippen molar-refractivity contribution in [2.24, 2.45) is 5.92 Å². The van der Waals surface area contributed by atoms with E-state index < -0.39 is 6.09 Å². The predicted octanol–water partition coefficient (Wildman–Crippen LogP) is 2.95. The van der Waals surface area contributed by atoms with Gasteiger partial charge in [0.1, 0.15) is 0 Å². The number of carbonyl (C=O) groups is 3. The minimum absolute atomic E-state index is 0.0443. The molecule has 0 radical (unpaired) electrons. The van der Waals surface area contributed by atoms with E-state index in [9.17, 15) is 19.5 Å². The van der Waals surface area contributed by atoms with Crippen molar-refractivity contribution in [1.29, 1.82) is 0 Å². The molecular formula is C20H24N2O5. The Balaban J connectivity index is 1.68. The van der Waals surface area contributed by atoms with Crippen molar-refractivity contribution in [3.63, 3.8) is 0 Å². The maximum Gasteiger partial charge on any atom is 0.412 e. The SMILES string of the molecule is COC(=O)CCC(=O)N(C1CC1)C1c2ccccc2N(C(=O)O)[C@@H]2CC[C@H]12. The van der Waals surface area contributed by atoms with E-state index in [1.165, 1.54) is 12.0 Å². The van der Waals surface area contributed by atoms with Crippen LogP contribution >= 0.6 is 0 Å². The summed E-state index contributed by atoms with van der Waals surface area (Å²) in [5, 5.41) is 9.73. The van der Waals surface area contributed by atoms with Gasteiger partial charge in [-0.2, -0.15) is 0 Å². The van der Waals surface area contributed by atoms with Gasteiger partial charge in [-0.05, 0) is 37.3 Å². The van der Waals surface area contributed by atoms with E-state index >= 15 is 0 Å². The fourth-order valence-electron chi connectivity index (χ4n) is 4.54. The molecule has 4 rings (SSSR count). The number of benzene rings is 1. The van der Waals surface area contributed by atoms with Gasteiger partial charge in [0, 0.05) is 24.4 Å². The molecule has 27 heavy (non-hydrogen) atoms. The number of carboxylic acid groups (broad SMARTS) is 1. The van der Waals surface area contributed by atoms with Crippen LogP contribution in [0.25, 0.3) is 0 Å². The second-order valence-corrected chi connectivity index (χ2v) is 7.57. The number of methoxy groups -OCH3 is 1. The Kier molecular flexibility index (Phi) is 4.53. The van der Waals surface area contributed by atoms with Gasteiger partial charge in [-0.25, -0.2) is 4.79 Å². The average molecular weight is 372 g/mol. The smallest absolute Gasteiger partial charge is 0.412 e. The molecule has 1 unspecified atom stereocenters. The molecule has 7 nitrogen and oxygen atoms in total. The lowest BCUT2D eigenvalue weighted by Gasteiger charge is -2.54. The molecule has 0 spiro atoms. The van der Waals surface area contributed by atoms with Gasteiger partial charge in [-0.15, -0.1) is 0 Å². The van der Waals surface area contributed by atoms with E-state index in [0.29, 0.717) is 5.69 Å². The molecule has 2 aliphatic carbocycles. The number of fused-ring (bicyclic) bond motifs is 2. The minimum atomic E-state index is -0.939. The fourth-order valence-corrected chi connectivity index (χ4v) is 4.54. The zero-order chi connectivity index (χ0) is 19.1. The van der Waals surface area contributed by atoms with E-state index in [4.69, 9.17) is 0 Å². The fraction of sp³-hybridized carbons (Fsp3) is 0.550. The van der Waals surface area contributed by atoms with Crippen LogP contribution in [0.5, 0.6) is 0 Å². The van der Waals surface area contributed by atoms with Gasteiger partial charge in [-0.3, -0.25) is 14.5 Å². The van der Waals surface area contributed by atoms with Gasteiger partial charge in [-0.1, -0.05) is 18.2 Å². The van der Waals surface area contributed by atoms with Crippen LogP contribution in [0.3, 0.4) is 0 Å². The summed E-state index contributed by atoms with van der Waals surface area (Å²) in [7, 11) is 1.32. The van der Waals surface area contributed by atoms with E-state index in [0.717, 1.165) is 31.2 Å². The van der Waals surface area contributed by atoms with E-state index in [2.05, 4.69) is 4.74 Å². The van der Waals surface area contributed by atoms with Crippen LogP contribution in [0.2, 0.25) is 0 Å². The van der Waals surface area contributed by atoms with Crippen molar-refractivity contribution in [3.05, 3.63) is 29.8 Å². The Morgan fingerprint density at radius 1 is 1.15 bits per heavy atom. The molecule has 2 amide bonds. The zero-order valence-electron chi connectivity index (χ0n) is 15.3. The summed E-state index contributed by atoms with van der Waals surface area (Å²) < 4.78 is 4.67. The number of para-hydroxylation sites is 1. The Labute approximate surface area is 157 Å². The zero-order valence-corrected chi connectivity index (χ0v) is 15.3. The average Bonchev–Trinajstić information content (AvgIpc) is 3.46. The Morgan fingerprint density at radius 3 is 2.48 bits per heavy atom. The molecule has 0 saturated heterocycles. The summed E-state index contributed by atoms with van der Waals surface area (Å²) in [4.78, 5) is 39.8.